The normalized spacial score (nSPS) is 15.4. The maximum atomic E-state index is 12.8. The molecule has 0 bridgehead atoms. The topological polar surface area (TPSA) is 99.3 Å². The van der Waals surface area contributed by atoms with E-state index in [1.54, 1.807) is 6.20 Å². The number of piperidine rings is 1. The molecule has 1 unspecified atom stereocenters. The molecule has 1 aliphatic heterocycles. The van der Waals surface area contributed by atoms with E-state index < -0.39 is 0 Å². The van der Waals surface area contributed by atoms with Crippen LogP contribution in [-0.4, -0.2) is 34.9 Å². The van der Waals surface area contributed by atoms with Crippen molar-refractivity contribution in [1.82, 2.24) is 20.6 Å². The summed E-state index contributed by atoms with van der Waals surface area (Å²) in [6.45, 7) is 6.04. The van der Waals surface area contributed by atoms with Crippen molar-refractivity contribution in [3.8, 4) is 0 Å². The molecule has 0 spiro atoms. The predicted molar refractivity (Wildman–Crippen MR) is 137 cm³/mol. The van der Waals surface area contributed by atoms with Crippen LogP contribution in [0, 0.1) is 12.8 Å². The number of carbonyl (C=O) groups excluding carboxylic acids is 2. The molecular weight excluding hydrogens is 440 g/mol. The zero-order valence-electron chi connectivity index (χ0n) is 20.3. The van der Waals surface area contributed by atoms with Crippen LogP contribution in [-0.2, 0) is 22.7 Å². The second-order valence-corrected chi connectivity index (χ2v) is 8.96. The first-order chi connectivity index (χ1) is 17.0. The molecule has 8 heteroatoms. The first-order valence-corrected chi connectivity index (χ1v) is 12.0. The van der Waals surface area contributed by atoms with Gasteiger partial charge in [-0.25, -0.2) is 4.98 Å². The van der Waals surface area contributed by atoms with Gasteiger partial charge in [0, 0.05) is 45.0 Å². The van der Waals surface area contributed by atoms with Gasteiger partial charge in [0.05, 0.1) is 5.92 Å². The summed E-state index contributed by atoms with van der Waals surface area (Å²) in [5.41, 5.74) is 4.14. The van der Waals surface area contributed by atoms with Crippen LogP contribution in [0.5, 0.6) is 0 Å². The number of carbonyl (C=O) groups is 2. The summed E-state index contributed by atoms with van der Waals surface area (Å²) in [7, 11) is 0. The van der Waals surface area contributed by atoms with E-state index in [0.29, 0.717) is 25.6 Å². The highest BCUT2D eigenvalue weighted by Gasteiger charge is 2.26. The van der Waals surface area contributed by atoms with Crippen molar-refractivity contribution in [2.75, 3.05) is 23.3 Å². The van der Waals surface area contributed by atoms with Gasteiger partial charge in [-0.2, -0.15) is 4.98 Å². The molecule has 2 aromatic carbocycles. The molecule has 0 aliphatic carbocycles. The number of anilines is 3. The fourth-order valence-corrected chi connectivity index (χ4v) is 4.14. The highest BCUT2D eigenvalue weighted by molar-refractivity contribution is 5.79. The Morgan fingerprint density at radius 2 is 1.83 bits per heavy atom. The molecule has 1 atom stereocenters. The van der Waals surface area contributed by atoms with E-state index in [2.05, 4.69) is 44.9 Å². The first kappa shape index (κ1) is 24.2. The van der Waals surface area contributed by atoms with Crippen LogP contribution in [0.1, 0.15) is 36.5 Å². The largest absolute Gasteiger partial charge is 0.356 e. The van der Waals surface area contributed by atoms with Gasteiger partial charge in [0.25, 0.3) is 0 Å². The average Bonchev–Trinajstić information content (AvgIpc) is 2.87. The Morgan fingerprint density at radius 1 is 1.03 bits per heavy atom. The van der Waals surface area contributed by atoms with E-state index >= 15 is 0 Å². The molecule has 8 nitrogen and oxygen atoms in total. The average molecular weight is 473 g/mol. The summed E-state index contributed by atoms with van der Waals surface area (Å²) >= 11 is 0. The maximum Gasteiger partial charge on any atom is 0.229 e. The maximum absolute atomic E-state index is 12.8. The monoisotopic (exact) mass is 472 g/mol. The highest BCUT2D eigenvalue weighted by Crippen LogP contribution is 2.23. The molecule has 3 N–H and O–H groups in total. The van der Waals surface area contributed by atoms with Crippen molar-refractivity contribution in [3.05, 3.63) is 77.5 Å². The van der Waals surface area contributed by atoms with E-state index in [-0.39, 0.29) is 17.7 Å². The summed E-state index contributed by atoms with van der Waals surface area (Å²) in [5, 5.41) is 9.14. The minimum Gasteiger partial charge on any atom is -0.356 e. The Balaban J connectivity index is 1.36. The van der Waals surface area contributed by atoms with E-state index in [4.69, 9.17) is 4.98 Å². The van der Waals surface area contributed by atoms with Gasteiger partial charge in [-0.3, -0.25) is 9.59 Å². The van der Waals surface area contributed by atoms with E-state index in [1.807, 2.05) is 42.5 Å². The molecule has 4 rings (SSSR count). The quantitative estimate of drug-likeness (QED) is 0.462. The van der Waals surface area contributed by atoms with Gasteiger partial charge >= 0.3 is 0 Å². The van der Waals surface area contributed by atoms with Gasteiger partial charge < -0.3 is 20.9 Å². The predicted octanol–water partition coefficient (Wildman–Crippen LogP) is 3.70. The third-order valence-corrected chi connectivity index (χ3v) is 6.07. The lowest BCUT2D eigenvalue weighted by Gasteiger charge is -2.33. The zero-order chi connectivity index (χ0) is 24.6. The number of hydrogen-bond acceptors (Lipinski definition) is 6. The molecule has 2 heterocycles. The third-order valence-electron chi connectivity index (χ3n) is 6.07. The Hall–Kier alpha value is -3.94. The lowest BCUT2D eigenvalue weighted by Crippen LogP contribution is -2.43. The Bertz CT molecular complexity index is 1160. The number of aromatic nitrogens is 2. The van der Waals surface area contributed by atoms with Crippen molar-refractivity contribution < 1.29 is 9.59 Å². The second kappa shape index (κ2) is 11.5. The first-order valence-electron chi connectivity index (χ1n) is 12.0. The number of nitrogens with one attached hydrogen (secondary N) is 3. The van der Waals surface area contributed by atoms with Crippen molar-refractivity contribution in [2.24, 2.45) is 5.92 Å². The van der Waals surface area contributed by atoms with Crippen LogP contribution < -0.4 is 20.9 Å². The fraction of sp³-hybridized carbons (Fsp3) is 0.333. The summed E-state index contributed by atoms with van der Waals surface area (Å²) in [6.07, 6.45) is 3.53. The number of aryl methyl sites for hydroxylation is 1. The lowest BCUT2D eigenvalue weighted by molar-refractivity contribution is -0.125. The standard InChI is InChI=1S/C27H32N6O2/c1-19-8-10-21(11-9-19)16-30-26(35)23-6-4-14-33(18-23)25-12-13-28-27(32-25)31-24-7-3-5-22(15-24)17-29-20(2)34/h3,5,7-13,15,23H,4,6,14,16-18H2,1-2H3,(H,29,34)(H,30,35)(H,28,31,32). The van der Waals surface area contributed by atoms with Crippen LogP contribution in [0.25, 0.3) is 0 Å². The van der Waals surface area contributed by atoms with Crippen LogP contribution in [0.15, 0.2) is 60.8 Å². The minimum absolute atomic E-state index is 0.0666. The van der Waals surface area contributed by atoms with E-state index in [9.17, 15) is 9.59 Å². The van der Waals surface area contributed by atoms with Gasteiger partial charge in [0.1, 0.15) is 5.82 Å². The molecule has 1 fully saturated rings. The van der Waals surface area contributed by atoms with Crippen LogP contribution in [0.4, 0.5) is 17.5 Å². The number of hydrogen-bond donors (Lipinski definition) is 3. The van der Waals surface area contributed by atoms with Gasteiger partial charge in [-0.05, 0) is 49.1 Å². The van der Waals surface area contributed by atoms with Crippen molar-refractivity contribution in [2.45, 2.75) is 39.8 Å². The molecule has 182 valence electrons. The molecule has 1 aliphatic rings. The summed E-state index contributed by atoms with van der Waals surface area (Å²) < 4.78 is 0. The molecule has 3 aromatic rings. The molecular formula is C27H32N6O2. The Morgan fingerprint density at radius 3 is 2.63 bits per heavy atom. The molecule has 2 amide bonds. The number of amides is 2. The molecule has 35 heavy (non-hydrogen) atoms. The van der Waals surface area contributed by atoms with E-state index in [1.165, 1.54) is 12.5 Å². The number of nitrogens with zero attached hydrogens (tertiary/aromatic N) is 3. The van der Waals surface area contributed by atoms with Crippen molar-refractivity contribution >= 4 is 29.3 Å². The van der Waals surface area contributed by atoms with Crippen LogP contribution in [0.3, 0.4) is 0 Å². The Labute approximate surface area is 206 Å². The van der Waals surface area contributed by atoms with Crippen molar-refractivity contribution in [1.29, 1.82) is 0 Å². The smallest absolute Gasteiger partial charge is 0.229 e. The molecule has 1 aromatic heterocycles. The third kappa shape index (κ3) is 7.02. The fourth-order valence-electron chi connectivity index (χ4n) is 4.14. The highest BCUT2D eigenvalue weighted by atomic mass is 16.2. The summed E-state index contributed by atoms with van der Waals surface area (Å²) in [5.74, 6) is 1.23. The molecule has 0 radical (unpaired) electrons. The zero-order valence-corrected chi connectivity index (χ0v) is 20.3. The molecule has 1 saturated heterocycles. The summed E-state index contributed by atoms with van der Waals surface area (Å²) in [6, 6.07) is 17.9. The second-order valence-electron chi connectivity index (χ2n) is 8.96. The minimum atomic E-state index is -0.0777. The molecule has 0 saturated carbocycles. The van der Waals surface area contributed by atoms with Gasteiger partial charge in [-0.15, -0.1) is 0 Å². The van der Waals surface area contributed by atoms with Gasteiger partial charge in [0.2, 0.25) is 17.8 Å². The van der Waals surface area contributed by atoms with Crippen molar-refractivity contribution in [3.63, 3.8) is 0 Å². The number of rotatable bonds is 8. The van der Waals surface area contributed by atoms with E-state index in [0.717, 1.165) is 42.0 Å². The lowest BCUT2D eigenvalue weighted by atomic mass is 9.97. The Kier molecular flexibility index (Phi) is 7.92. The summed E-state index contributed by atoms with van der Waals surface area (Å²) in [4.78, 5) is 35.2. The number of benzene rings is 2. The van der Waals surface area contributed by atoms with Gasteiger partial charge in [-0.1, -0.05) is 42.0 Å². The van der Waals surface area contributed by atoms with Gasteiger partial charge in [0.15, 0.2) is 0 Å². The SMILES string of the molecule is CC(=O)NCc1cccc(Nc2nccc(N3CCCC(C(=O)NCc4ccc(C)cc4)C3)n2)c1. The van der Waals surface area contributed by atoms with Crippen LogP contribution in [0.2, 0.25) is 0 Å². The van der Waals surface area contributed by atoms with Crippen LogP contribution >= 0.6 is 0 Å².